The molecule has 0 bridgehead atoms. The number of carbonyl (C=O) groups is 3. The molecule has 0 aliphatic heterocycles. The number of hydrogen-bond acceptors (Lipinski definition) is 6. The van der Waals surface area contributed by atoms with Gasteiger partial charge in [0.15, 0.2) is 0 Å². The van der Waals surface area contributed by atoms with Crippen LogP contribution in [0.25, 0.3) is 0 Å². The highest BCUT2D eigenvalue weighted by atomic mass is 35.5. The summed E-state index contributed by atoms with van der Waals surface area (Å²) in [6.07, 6.45) is 1.27. The Bertz CT molecular complexity index is 1230. The van der Waals surface area contributed by atoms with Gasteiger partial charge in [-0.25, -0.2) is 10.2 Å². The lowest BCUT2D eigenvalue weighted by Gasteiger charge is -2.09. The normalized spacial score (nSPS) is 10.5. The predicted octanol–water partition coefficient (Wildman–Crippen LogP) is 3.97. The van der Waals surface area contributed by atoms with Gasteiger partial charge in [-0.2, -0.15) is 5.10 Å². The second-order valence-electron chi connectivity index (χ2n) is 6.79. The summed E-state index contributed by atoms with van der Waals surface area (Å²) in [4.78, 5) is 36.7. The number of hydrazone groups is 1. The lowest BCUT2D eigenvalue weighted by Crippen LogP contribution is -2.32. The number of methoxy groups -OCH3 is 1. The van der Waals surface area contributed by atoms with E-state index in [1.807, 2.05) is 13.0 Å². The Hall–Kier alpha value is -4.17. The van der Waals surface area contributed by atoms with Crippen molar-refractivity contribution in [2.24, 2.45) is 5.10 Å². The van der Waals surface area contributed by atoms with Gasteiger partial charge >= 0.3 is 17.8 Å². The van der Waals surface area contributed by atoms with Gasteiger partial charge in [-0.05, 0) is 49.4 Å². The third-order valence-corrected chi connectivity index (χ3v) is 4.60. The van der Waals surface area contributed by atoms with E-state index in [0.29, 0.717) is 21.9 Å². The summed E-state index contributed by atoms with van der Waals surface area (Å²) in [5, 5.41) is 6.55. The smallest absolute Gasteiger partial charge is 0.343 e. The summed E-state index contributed by atoms with van der Waals surface area (Å²) >= 11 is 5.92. The fourth-order valence-electron chi connectivity index (χ4n) is 2.78. The zero-order chi connectivity index (χ0) is 23.8. The first-order chi connectivity index (χ1) is 15.9. The Morgan fingerprint density at radius 1 is 0.939 bits per heavy atom. The van der Waals surface area contributed by atoms with Crippen LogP contribution in [-0.4, -0.2) is 31.1 Å². The SMILES string of the molecule is COc1ccc(Cl)cc1NC(=O)C(=O)NN=Cc1ccccc1OC(=O)c1cccc(C)c1. The first-order valence-corrected chi connectivity index (χ1v) is 10.1. The maximum absolute atomic E-state index is 12.4. The molecule has 3 aromatic rings. The van der Waals surface area contributed by atoms with Crippen LogP contribution in [0.1, 0.15) is 21.5 Å². The molecule has 0 saturated heterocycles. The van der Waals surface area contributed by atoms with Gasteiger partial charge in [0, 0.05) is 10.6 Å². The van der Waals surface area contributed by atoms with Crippen molar-refractivity contribution >= 4 is 41.3 Å². The molecule has 168 valence electrons. The quantitative estimate of drug-likeness (QED) is 0.188. The van der Waals surface area contributed by atoms with Crippen LogP contribution in [0.4, 0.5) is 5.69 Å². The van der Waals surface area contributed by atoms with Crippen molar-refractivity contribution in [2.45, 2.75) is 6.92 Å². The number of nitrogens with one attached hydrogen (secondary N) is 2. The molecule has 0 heterocycles. The van der Waals surface area contributed by atoms with Gasteiger partial charge in [-0.1, -0.05) is 41.4 Å². The molecular weight excluding hydrogens is 446 g/mol. The standard InChI is InChI=1S/C24H20ClN3O5/c1-15-6-5-8-16(12-15)24(31)33-20-9-4-3-7-17(20)14-26-28-23(30)22(29)27-19-13-18(25)10-11-21(19)32-2/h3-14H,1-2H3,(H,27,29)(H,28,30). The number of carbonyl (C=O) groups excluding carboxylic acids is 3. The zero-order valence-corrected chi connectivity index (χ0v) is 18.6. The highest BCUT2D eigenvalue weighted by Gasteiger charge is 2.16. The number of benzene rings is 3. The van der Waals surface area contributed by atoms with Crippen LogP contribution >= 0.6 is 11.6 Å². The average molecular weight is 466 g/mol. The number of hydrogen-bond donors (Lipinski definition) is 2. The molecule has 0 radical (unpaired) electrons. The van der Waals surface area contributed by atoms with Gasteiger partial charge in [0.2, 0.25) is 0 Å². The molecule has 0 aromatic heterocycles. The molecular formula is C24H20ClN3O5. The Morgan fingerprint density at radius 2 is 1.73 bits per heavy atom. The number of nitrogens with zero attached hydrogens (tertiary/aromatic N) is 1. The van der Waals surface area contributed by atoms with E-state index in [0.717, 1.165) is 5.56 Å². The Labute approximate surface area is 195 Å². The van der Waals surface area contributed by atoms with Crippen LogP contribution in [0.15, 0.2) is 71.8 Å². The van der Waals surface area contributed by atoms with Crippen LogP contribution in [0.2, 0.25) is 5.02 Å². The number of halogens is 1. The van der Waals surface area contributed by atoms with Crippen molar-refractivity contribution in [3.63, 3.8) is 0 Å². The molecule has 2 N–H and O–H groups in total. The van der Waals surface area contributed by atoms with E-state index in [4.69, 9.17) is 21.1 Å². The minimum atomic E-state index is -1.01. The number of esters is 1. The van der Waals surface area contributed by atoms with Gasteiger partial charge in [-0.15, -0.1) is 0 Å². The van der Waals surface area contributed by atoms with E-state index in [1.165, 1.54) is 19.4 Å². The van der Waals surface area contributed by atoms with E-state index in [1.54, 1.807) is 54.6 Å². The van der Waals surface area contributed by atoms with E-state index >= 15 is 0 Å². The molecule has 2 amide bonds. The van der Waals surface area contributed by atoms with Gasteiger partial charge in [-0.3, -0.25) is 9.59 Å². The largest absolute Gasteiger partial charge is 0.495 e. The number of ether oxygens (including phenoxy) is 2. The summed E-state index contributed by atoms with van der Waals surface area (Å²) in [7, 11) is 1.42. The first-order valence-electron chi connectivity index (χ1n) is 9.73. The van der Waals surface area contributed by atoms with Crippen LogP contribution in [0.3, 0.4) is 0 Å². The number of aryl methyl sites for hydroxylation is 1. The van der Waals surface area contributed by atoms with Crippen LogP contribution in [0, 0.1) is 6.92 Å². The molecule has 0 unspecified atom stereocenters. The molecule has 0 aliphatic carbocycles. The molecule has 0 atom stereocenters. The zero-order valence-electron chi connectivity index (χ0n) is 17.8. The molecule has 33 heavy (non-hydrogen) atoms. The third kappa shape index (κ3) is 6.41. The van der Waals surface area contributed by atoms with Crippen LogP contribution in [0.5, 0.6) is 11.5 Å². The lowest BCUT2D eigenvalue weighted by molar-refractivity contribution is -0.136. The highest BCUT2D eigenvalue weighted by molar-refractivity contribution is 6.40. The van der Waals surface area contributed by atoms with E-state index in [9.17, 15) is 14.4 Å². The molecule has 3 aromatic carbocycles. The van der Waals surface area contributed by atoms with Crippen molar-refractivity contribution in [2.75, 3.05) is 12.4 Å². The second-order valence-corrected chi connectivity index (χ2v) is 7.23. The minimum absolute atomic E-state index is 0.238. The van der Waals surface area contributed by atoms with Crippen molar-refractivity contribution in [1.82, 2.24) is 5.43 Å². The summed E-state index contributed by atoms with van der Waals surface area (Å²) < 4.78 is 10.6. The Morgan fingerprint density at radius 3 is 2.48 bits per heavy atom. The summed E-state index contributed by atoms with van der Waals surface area (Å²) in [5.41, 5.74) is 4.12. The summed E-state index contributed by atoms with van der Waals surface area (Å²) in [6, 6.07) is 18.2. The number of amides is 2. The number of rotatable bonds is 6. The Balaban J connectivity index is 1.64. The second kappa shape index (κ2) is 10.9. The van der Waals surface area contributed by atoms with Crippen molar-refractivity contribution in [3.05, 3.63) is 88.4 Å². The predicted molar refractivity (Wildman–Crippen MR) is 125 cm³/mol. The molecule has 8 nitrogen and oxygen atoms in total. The van der Waals surface area contributed by atoms with Crippen molar-refractivity contribution < 1.29 is 23.9 Å². The monoisotopic (exact) mass is 465 g/mol. The van der Waals surface area contributed by atoms with Crippen molar-refractivity contribution in [1.29, 1.82) is 0 Å². The third-order valence-electron chi connectivity index (χ3n) is 4.36. The maximum Gasteiger partial charge on any atom is 0.343 e. The average Bonchev–Trinajstić information content (AvgIpc) is 2.80. The van der Waals surface area contributed by atoms with Crippen LogP contribution in [-0.2, 0) is 9.59 Å². The fourth-order valence-corrected chi connectivity index (χ4v) is 2.95. The minimum Gasteiger partial charge on any atom is -0.495 e. The van der Waals surface area contributed by atoms with Gasteiger partial charge in [0.05, 0.1) is 24.6 Å². The van der Waals surface area contributed by atoms with Gasteiger partial charge in [0.25, 0.3) is 0 Å². The maximum atomic E-state index is 12.4. The van der Waals surface area contributed by atoms with Gasteiger partial charge < -0.3 is 14.8 Å². The molecule has 0 spiro atoms. The van der Waals surface area contributed by atoms with E-state index in [2.05, 4.69) is 15.8 Å². The fraction of sp³-hybridized carbons (Fsp3) is 0.0833. The summed E-state index contributed by atoms with van der Waals surface area (Å²) in [5.74, 6) is -1.92. The summed E-state index contributed by atoms with van der Waals surface area (Å²) in [6.45, 7) is 1.87. The van der Waals surface area contributed by atoms with Gasteiger partial charge in [0.1, 0.15) is 11.5 Å². The number of anilines is 1. The van der Waals surface area contributed by atoms with Crippen molar-refractivity contribution in [3.8, 4) is 11.5 Å². The number of para-hydroxylation sites is 1. The molecule has 3 rings (SSSR count). The lowest BCUT2D eigenvalue weighted by atomic mass is 10.1. The first kappa shape index (κ1) is 23.5. The molecule has 9 heteroatoms. The molecule has 0 fully saturated rings. The van der Waals surface area contributed by atoms with E-state index in [-0.39, 0.29) is 11.4 Å². The topological polar surface area (TPSA) is 106 Å². The highest BCUT2D eigenvalue weighted by Crippen LogP contribution is 2.27. The van der Waals surface area contributed by atoms with E-state index < -0.39 is 17.8 Å². The van der Waals surface area contributed by atoms with Crippen LogP contribution < -0.4 is 20.2 Å². The molecule has 0 saturated carbocycles. The Kier molecular flexibility index (Phi) is 7.77. The molecule has 0 aliphatic rings.